The van der Waals surface area contributed by atoms with Crippen LogP contribution in [0.5, 0.6) is 0 Å². The van der Waals surface area contributed by atoms with Crippen molar-refractivity contribution >= 4 is 6.03 Å². The van der Waals surface area contributed by atoms with E-state index in [0.717, 1.165) is 5.56 Å². The van der Waals surface area contributed by atoms with Crippen LogP contribution < -0.4 is 10.6 Å². The molecule has 0 saturated carbocycles. The Balaban J connectivity index is 1.70. The molecule has 1 atom stereocenters. The highest BCUT2D eigenvalue weighted by Gasteiger charge is 2.12. The van der Waals surface area contributed by atoms with Crippen LogP contribution in [-0.4, -0.2) is 44.9 Å². The van der Waals surface area contributed by atoms with Crippen molar-refractivity contribution in [1.29, 1.82) is 0 Å². The molecule has 0 radical (unpaired) electrons. The number of hydrogen-bond donors (Lipinski definition) is 4. The number of aryl methyl sites for hydroxylation is 1. The highest BCUT2D eigenvalue weighted by molar-refractivity contribution is 5.74. The Hall–Kier alpha value is -2.48. The topological polar surface area (TPSA) is 116 Å². The fourth-order valence-electron chi connectivity index (χ4n) is 1.87. The lowest BCUT2D eigenvalue weighted by Crippen LogP contribution is -2.39. The molecule has 0 aliphatic carbocycles. The molecule has 0 spiro atoms. The summed E-state index contributed by atoms with van der Waals surface area (Å²) in [6.07, 6.45) is 1.35. The zero-order valence-electron chi connectivity index (χ0n) is 11.5. The van der Waals surface area contributed by atoms with E-state index in [0.29, 0.717) is 25.2 Å². The van der Waals surface area contributed by atoms with E-state index >= 15 is 0 Å². The zero-order valence-corrected chi connectivity index (χ0v) is 11.5. The van der Waals surface area contributed by atoms with E-state index in [4.69, 9.17) is 0 Å². The maximum Gasteiger partial charge on any atom is 0.315 e. The summed E-state index contributed by atoms with van der Waals surface area (Å²) in [5.41, 5.74) is 0.863. The standard InChI is InChI=1S/C13H18N6O2/c20-9-11(10-5-2-1-3-6-10)15-13(21)14-8-4-7-12-16-18-19-17-12/h1-3,5-6,11,20H,4,7-9H2,(H2,14,15,21)(H,16,17,18,19)/t11-/m0/s1. The Bertz CT molecular complexity index is 531. The molecule has 0 saturated heterocycles. The monoisotopic (exact) mass is 290 g/mol. The number of hydrogen-bond acceptors (Lipinski definition) is 5. The minimum absolute atomic E-state index is 0.152. The molecule has 0 fully saturated rings. The van der Waals surface area contributed by atoms with E-state index in [1.807, 2.05) is 30.3 Å². The van der Waals surface area contributed by atoms with Crippen LogP contribution >= 0.6 is 0 Å². The Morgan fingerprint density at radius 3 is 2.81 bits per heavy atom. The van der Waals surface area contributed by atoms with Gasteiger partial charge in [-0.3, -0.25) is 0 Å². The number of nitrogens with one attached hydrogen (secondary N) is 3. The summed E-state index contributed by atoms with van der Waals surface area (Å²) in [5, 5.41) is 28.3. The van der Waals surface area contributed by atoms with Crippen molar-refractivity contribution < 1.29 is 9.90 Å². The van der Waals surface area contributed by atoms with Gasteiger partial charge in [-0.1, -0.05) is 35.5 Å². The number of benzene rings is 1. The van der Waals surface area contributed by atoms with Gasteiger partial charge in [0.25, 0.3) is 0 Å². The number of rotatable bonds is 7. The molecule has 1 aromatic heterocycles. The van der Waals surface area contributed by atoms with E-state index in [1.54, 1.807) is 0 Å². The van der Waals surface area contributed by atoms with Crippen molar-refractivity contribution in [2.75, 3.05) is 13.2 Å². The van der Waals surface area contributed by atoms with Crippen molar-refractivity contribution in [1.82, 2.24) is 31.3 Å². The molecule has 4 N–H and O–H groups in total. The summed E-state index contributed by atoms with van der Waals surface area (Å²) in [6, 6.07) is 8.60. The predicted molar refractivity (Wildman–Crippen MR) is 75.3 cm³/mol. The van der Waals surface area contributed by atoms with Crippen molar-refractivity contribution in [3.63, 3.8) is 0 Å². The summed E-state index contributed by atoms with van der Waals surface area (Å²) in [6.45, 7) is 0.341. The van der Waals surface area contributed by atoms with Crippen LogP contribution in [0.4, 0.5) is 4.79 Å². The molecular formula is C13H18N6O2. The largest absolute Gasteiger partial charge is 0.394 e. The van der Waals surface area contributed by atoms with Crippen LogP contribution in [0.2, 0.25) is 0 Å². The third kappa shape index (κ3) is 4.84. The van der Waals surface area contributed by atoms with E-state index < -0.39 is 6.04 Å². The van der Waals surface area contributed by atoms with E-state index in [2.05, 4.69) is 31.3 Å². The van der Waals surface area contributed by atoms with Gasteiger partial charge < -0.3 is 15.7 Å². The van der Waals surface area contributed by atoms with Crippen LogP contribution in [-0.2, 0) is 6.42 Å². The molecule has 2 amide bonds. The number of H-pyrrole nitrogens is 1. The molecule has 0 aliphatic rings. The second-order valence-electron chi connectivity index (χ2n) is 4.48. The maximum atomic E-state index is 11.8. The van der Waals surface area contributed by atoms with Crippen molar-refractivity contribution in [3.8, 4) is 0 Å². The quantitative estimate of drug-likeness (QED) is 0.542. The molecule has 2 rings (SSSR count). The van der Waals surface area contributed by atoms with Crippen LogP contribution in [0.3, 0.4) is 0 Å². The van der Waals surface area contributed by atoms with Gasteiger partial charge in [0.1, 0.15) is 0 Å². The highest BCUT2D eigenvalue weighted by atomic mass is 16.3. The molecule has 0 aliphatic heterocycles. The molecular weight excluding hydrogens is 272 g/mol. The fourth-order valence-corrected chi connectivity index (χ4v) is 1.87. The minimum Gasteiger partial charge on any atom is -0.394 e. The first-order chi connectivity index (χ1) is 10.3. The van der Waals surface area contributed by atoms with E-state index in [9.17, 15) is 9.90 Å². The van der Waals surface area contributed by atoms with Crippen LogP contribution in [0, 0.1) is 0 Å². The normalized spacial score (nSPS) is 11.9. The van der Waals surface area contributed by atoms with Crippen LogP contribution in [0.1, 0.15) is 23.9 Å². The first kappa shape index (κ1) is 14.9. The van der Waals surface area contributed by atoms with Gasteiger partial charge in [0, 0.05) is 13.0 Å². The van der Waals surface area contributed by atoms with Crippen molar-refractivity contribution in [3.05, 3.63) is 41.7 Å². The lowest BCUT2D eigenvalue weighted by molar-refractivity contribution is 0.217. The summed E-state index contributed by atoms with van der Waals surface area (Å²) in [4.78, 5) is 11.8. The number of tetrazole rings is 1. The summed E-state index contributed by atoms with van der Waals surface area (Å²) >= 11 is 0. The Morgan fingerprint density at radius 1 is 1.33 bits per heavy atom. The van der Waals surface area contributed by atoms with Gasteiger partial charge in [0.2, 0.25) is 0 Å². The molecule has 0 bridgehead atoms. The fraction of sp³-hybridized carbons (Fsp3) is 0.385. The molecule has 1 aromatic carbocycles. The number of carbonyl (C=O) groups excluding carboxylic acids is 1. The number of carbonyl (C=O) groups is 1. The van der Waals surface area contributed by atoms with E-state index in [-0.39, 0.29) is 12.6 Å². The number of aromatic nitrogens is 4. The summed E-state index contributed by atoms with van der Waals surface area (Å²) in [5.74, 6) is 0.620. The predicted octanol–water partition coefficient (Wildman–Crippen LogP) is 0.165. The minimum atomic E-state index is -0.414. The molecule has 8 heteroatoms. The molecule has 21 heavy (non-hydrogen) atoms. The van der Waals surface area contributed by atoms with Gasteiger partial charge in [0.15, 0.2) is 5.82 Å². The van der Waals surface area contributed by atoms with E-state index in [1.165, 1.54) is 0 Å². The SMILES string of the molecule is O=C(NCCCc1nn[nH]n1)N[C@@H](CO)c1ccccc1. The second kappa shape index (κ2) is 7.95. The lowest BCUT2D eigenvalue weighted by atomic mass is 10.1. The molecule has 1 heterocycles. The Labute approximate surface area is 122 Å². The maximum absolute atomic E-state index is 11.8. The number of aliphatic hydroxyl groups is 1. The number of urea groups is 1. The second-order valence-corrected chi connectivity index (χ2v) is 4.48. The van der Waals surface area contributed by atoms with Crippen LogP contribution in [0.25, 0.3) is 0 Å². The number of amides is 2. The highest BCUT2D eigenvalue weighted by Crippen LogP contribution is 2.10. The third-order valence-corrected chi connectivity index (χ3v) is 2.94. The Morgan fingerprint density at radius 2 is 2.14 bits per heavy atom. The van der Waals surface area contributed by atoms with Gasteiger partial charge in [-0.25, -0.2) is 4.79 Å². The first-order valence-electron chi connectivity index (χ1n) is 6.72. The van der Waals surface area contributed by atoms with Crippen molar-refractivity contribution in [2.24, 2.45) is 0 Å². The summed E-state index contributed by atoms with van der Waals surface area (Å²) in [7, 11) is 0. The van der Waals surface area contributed by atoms with Gasteiger partial charge in [-0.15, -0.1) is 10.2 Å². The smallest absolute Gasteiger partial charge is 0.315 e. The lowest BCUT2D eigenvalue weighted by Gasteiger charge is -2.17. The third-order valence-electron chi connectivity index (χ3n) is 2.94. The van der Waals surface area contributed by atoms with Crippen LogP contribution in [0.15, 0.2) is 30.3 Å². The number of aromatic amines is 1. The van der Waals surface area contributed by atoms with Crippen molar-refractivity contribution in [2.45, 2.75) is 18.9 Å². The van der Waals surface area contributed by atoms with Gasteiger partial charge in [-0.05, 0) is 12.0 Å². The van der Waals surface area contributed by atoms with Gasteiger partial charge >= 0.3 is 6.03 Å². The van der Waals surface area contributed by atoms with Gasteiger partial charge in [0.05, 0.1) is 12.6 Å². The zero-order chi connectivity index (χ0) is 14.9. The molecule has 0 unspecified atom stereocenters. The molecule has 2 aromatic rings. The van der Waals surface area contributed by atoms with Gasteiger partial charge in [-0.2, -0.15) is 5.21 Å². The number of aliphatic hydroxyl groups excluding tert-OH is 1. The molecule has 112 valence electrons. The average molecular weight is 290 g/mol. The first-order valence-corrected chi connectivity index (χ1v) is 6.72. The average Bonchev–Trinajstić information content (AvgIpc) is 3.03. The number of nitrogens with zero attached hydrogens (tertiary/aromatic N) is 3. The summed E-state index contributed by atoms with van der Waals surface area (Å²) < 4.78 is 0. The molecule has 8 nitrogen and oxygen atoms in total. The Kier molecular flexibility index (Phi) is 5.65.